The van der Waals surface area contributed by atoms with Crippen molar-refractivity contribution in [3.8, 4) is 17.3 Å². The lowest BCUT2D eigenvalue weighted by molar-refractivity contribution is 0.0553. The Labute approximate surface area is 178 Å². The fraction of sp³-hybridized carbons (Fsp3) is 0.261. The largest absolute Gasteiger partial charge is 0.335 e. The topological polar surface area (TPSA) is 65.2 Å². The summed E-state index contributed by atoms with van der Waals surface area (Å²) in [6.07, 6.45) is 1.53. The molecule has 2 aromatic carbocycles. The highest BCUT2D eigenvalue weighted by atomic mass is 19.1. The molecule has 0 radical (unpaired) electrons. The first-order valence-corrected chi connectivity index (χ1v) is 9.92. The second-order valence-electron chi connectivity index (χ2n) is 7.54. The van der Waals surface area contributed by atoms with Crippen LogP contribution in [0.4, 0.5) is 8.78 Å². The molecule has 1 unspecified atom stereocenters. The molecule has 1 aromatic heterocycles. The summed E-state index contributed by atoms with van der Waals surface area (Å²) in [7, 11) is 1.64. The number of hydrogen-bond acceptors (Lipinski definition) is 4. The van der Waals surface area contributed by atoms with Crippen molar-refractivity contribution < 1.29 is 13.6 Å². The number of nitriles is 1. The normalized spacial score (nSPS) is 16.8. The van der Waals surface area contributed by atoms with E-state index < -0.39 is 17.7 Å². The number of benzene rings is 2. The molecule has 1 aliphatic heterocycles. The van der Waals surface area contributed by atoms with Crippen molar-refractivity contribution in [2.24, 2.45) is 7.05 Å². The monoisotopic (exact) mass is 421 g/mol. The fourth-order valence-corrected chi connectivity index (χ4v) is 3.83. The summed E-state index contributed by atoms with van der Waals surface area (Å²) >= 11 is 0. The highest BCUT2D eigenvalue weighted by molar-refractivity contribution is 6.00. The molecule has 0 aliphatic carbocycles. The van der Waals surface area contributed by atoms with Crippen molar-refractivity contribution in [2.45, 2.75) is 12.6 Å². The number of aryl methyl sites for hydroxylation is 1. The molecule has 31 heavy (non-hydrogen) atoms. The van der Waals surface area contributed by atoms with Crippen LogP contribution in [0.15, 0.2) is 54.7 Å². The number of carbonyl (C=O) groups excluding carboxylic acids is 1. The van der Waals surface area contributed by atoms with Crippen molar-refractivity contribution in [2.75, 3.05) is 19.6 Å². The summed E-state index contributed by atoms with van der Waals surface area (Å²) in [6.45, 7) is 1.84. The average Bonchev–Trinajstić information content (AvgIpc) is 3.15. The van der Waals surface area contributed by atoms with Crippen LogP contribution >= 0.6 is 0 Å². The number of halogens is 2. The molecule has 6 nitrogen and oxygen atoms in total. The number of piperazine rings is 1. The minimum absolute atomic E-state index is 0.0601. The molecule has 1 aliphatic rings. The first-order chi connectivity index (χ1) is 15.0. The maximum atomic E-state index is 14.3. The van der Waals surface area contributed by atoms with Crippen LogP contribution in [0.2, 0.25) is 0 Å². The third-order valence-electron chi connectivity index (χ3n) is 5.40. The second-order valence-corrected chi connectivity index (χ2v) is 7.54. The summed E-state index contributed by atoms with van der Waals surface area (Å²) in [5, 5.41) is 13.9. The Balaban J connectivity index is 1.55. The molecule has 0 N–H and O–H groups in total. The van der Waals surface area contributed by atoms with E-state index in [2.05, 4.69) is 11.2 Å². The first kappa shape index (κ1) is 20.7. The van der Waals surface area contributed by atoms with Crippen LogP contribution in [0.1, 0.15) is 15.9 Å². The predicted octanol–water partition coefficient (Wildman–Crippen LogP) is 3.22. The molecule has 8 heteroatoms. The Hall–Kier alpha value is -3.57. The van der Waals surface area contributed by atoms with Crippen molar-refractivity contribution in [3.63, 3.8) is 0 Å². The van der Waals surface area contributed by atoms with E-state index in [-0.39, 0.29) is 29.3 Å². The van der Waals surface area contributed by atoms with Crippen molar-refractivity contribution in [1.29, 1.82) is 5.26 Å². The van der Waals surface area contributed by atoms with Crippen LogP contribution in [0.5, 0.6) is 0 Å². The molecule has 1 atom stereocenters. The van der Waals surface area contributed by atoms with E-state index >= 15 is 0 Å². The minimum atomic E-state index is -0.782. The zero-order valence-corrected chi connectivity index (χ0v) is 17.0. The lowest BCUT2D eigenvalue weighted by Crippen LogP contribution is -2.53. The van der Waals surface area contributed by atoms with E-state index in [1.807, 2.05) is 35.2 Å². The van der Waals surface area contributed by atoms with E-state index in [0.29, 0.717) is 19.6 Å². The number of nitrogens with zero attached hydrogens (tertiary/aromatic N) is 5. The molecule has 1 amide bonds. The lowest BCUT2D eigenvalue weighted by atomic mass is 10.1. The maximum Gasteiger partial charge on any atom is 0.257 e. The quantitative estimate of drug-likeness (QED) is 0.649. The molecular weight excluding hydrogens is 400 g/mol. The van der Waals surface area contributed by atoms with Crippen LogP contribution in [0.3, 0.4) is 0 Å². The molecule has 1 fully saturated rings. The van der Waals surface area contributed by atoms with Gasteiger partial charge in [0.2, 0.25) is 0 Å². The number of carbonyl (C=O) groups is 1. The van der Waals surface area contributed by atoms with E-state index in [0.717, 1.165) is 17.7 Å². The van der Waals surface area contributed by atoms with Gasteiger partial charge in [0.05, 0.1) is 11.6 Å². The molecule has 0 saturated carbocycles. The van der Waals surface area contributed by atoms with Crippen molar-refractivity contribution in [1.82, 2.24) is 19.6 Å². The summed E-state index contributed by atoms with van der Waals surface area (Å²) < 4.78 is 29.1. The van der Waals surface area contributed by atoms with Gasteiger partial charge in [-0.15, -0.1) is 0 Å². The van der Waals surface area contributed by atoms with Crippen LogP contribution in [-0.4, -0.2) is 51.2 Å². The van der Waals surface area contributed by atoms with Gasteiger partial charge in [-0.1, -0.05) is 30.3 Å². The van der Waals surface area contributed by atoms with E-state index in [4.69, 9.17) is 0 Å². The molecule has 0 spiro atoms. The lowest BCUT2D eigenvalue weighted by Gasteiger charge is -2.38. The molecule has 158 valence electrons. The Kier molecular flexibility index (Phi) is 5.78. The Morgan fingerprint density at radius 3 is 2.68 bits per heavy atom. The predicted molar refractivity (Wildman–Crippen MR) is 111 cm³/mol. The van der Waals surface area contributed by atoms with Gasteiger partial charge < -0.3 is 4.90 Å². The molecule has 4 rings (SSSR count). The summed E-state index contributed by atoms with van der Waals surface area (Å²) in [4.78, 5) is 16.9. The number of hydrogen-bond donors (Lipinski definition) is 0. The van der Waals surface area contributed by atoms with E-state index in [1.54, 1.807) is 11.9 Å². The Morgan fingerprint density at radius 2 is 1.97 bits per heavy atom. The number of aromatic nitrogens is 2. The summed E-state index contributed by atoms with van der Waals surface area (Å²) in [6, 6.07) is 14.9. The fourth-order valence-electron chi connectivity index (χ4n) is 3.83. The van der Waals surface area contributed by atoms with E-state index in [1.165, 1.54) is 16.9 Å². The number of amides is 1. The number of rotatable bonds is 4. The van der Waals surface area contributed by atoms with Gasteiger partial charge in [-0.25, -0.2) is 8.78 Å². The zero-order chi connectivity index (χ0) is 22.0. The van der Waals surface area contributed by atoms with Gasteiger partial charge in [0.15, 0.2) is 0 Å². The Morgan fingerprint density at radius 1 is 1.19 bits per heavy atom. The minimum Gasteiger partial charge on any atom is -0.335 e. The summed E-state index contributed by atoms with van der Waals surface area (Å²) in [5.74, 6) is -1.81. The van der Waals surface area contributed by atoms with Gasteiger partial charge in [-0.3, -0.25) is 14.4 Å². The summed E-state index contributed by atoms with van der Waals surface area (Å²) in [5.41, 5.74) is 1.54. The molecule has 2 heterocycles. The highest BCUT2D eigenvalue weighted by Gasteiger charge is 2.32. The Bertz CT molecular complexity index is 1140. The maximum absolute atomic E-state index is 14.3. The second kappa shape index (κ2) is 8.66. The SMILES string of the molecule is Cn1cc(C(=O)N2CCN(Cc3ccccc3)C(C#N)C2)c(-c2ccc(F)cc2F)n1. The van der Waals surface area contributed by atoms with Gasteiger partial charge in [0, 0.05) is 51.1 Å². The van der Waals surface area contributed by atoms with Gasteiger partial charge in [0.25, 0.3) is 5.91 Å². The molecule has 1 saturated heterocycles. The third-order valence-corrected chi connectivity index (χ3v) is 5.40. The van der Waals surface area contributed by atoms with E-state index in [9.17, 15) is 18.8 Å². The van der Waals surface area contributed by atoms with Crippen LogP contribution < -0.4 is 0 Å². The van der Waals surface area contributed by atoms with Gasteiger partial charge in [-0.2, -0.15) is 10.4 Å². The van der Waals surface area contributed by atoms with Crippen LogP contribution in [0.25, 0.3) is 11.3 Å². The van der Waals surface area contributed by atoms with Gasteiger partial charge in [0.1, 0.15) is 23.4 Å². The zero-order valence-electron chi connectivity index (χ0n) is 17.0. The smallest absolute Gasteiger partial charge is 0.257 e. The van der Waals surface area contributed by atoms with Crippen molar-refractivity contribution in [3.05, 3.63) is 77.5 Å². The van der Waals surface area contributed by atoms with Gasteiger partial charge >= 0.3 is 0 Å². The first-order valence-electron chi connectivity index (χ1n) is 9.92. The van der Waals surface area contributed by atoms with Gasteiger partial charge in [-0.05, 0) is 17.7 Å². The standard InChI is InChI=1S/C23H21F2N5O/c1-28-15-20(22(27-28)19-8-7-17(24)11-21(19)25)23(31)30-10-9-29(18(12-26)14-30)13-16-5-3-2-4-6-16/h2-8,11,15,18H,9-10,13-14H2,1H3. The molecule has 0 bridgehead atoms. The van der Waals surface area contributed by atoms with Crippen LogP contribution in [0, 0.1) is 23.0 Å². The molecule has 3 aromatic rings. The molecular formula is C23H21F2N5O. The average molecular weight is 421 g/mol. The van der Waals surface area contributed by atoms with Crippen molar-refractivity contribution >= 4 is 5.91 Å². The third kappa shape index (κ3) is 4.32. The highest BCUT2D eigenvalue weighted by Crippen LogP contribution is 2.27. The van der Waals surface area contributed by atoms with Crippen LogP contribution in [-0.2, 0) is 13.6 Å².